The molecule has 0 amide bonds. The van der Waals surface area contributed by atoms with Gasteiger partial charge in [0, 0.05) is 4.47 Å². The molecule has 2 heterocycles. The number of anilines is 1. The summed E-state index contributed by atoms with van der Waals surface area (Å²) in [5, 5.41) is 3.81. The highest BCUT2D eigenvalue weighted by Crippen LogP contribution is 2.37. The zero-order chi connectivity index (χ0) is 12.5. The number of hydrogen-bond donors (Lipinski definition) is 1. The van der Waals surface area contributed by atoms with Crippen LogP contribution >= 0.6 is 15.9 Å². The third-order valence-corrected chi connectivity index (χ3v) is 3.07. The number of nitrogens with zero attached hydrogens (tertiary/aromatic N) is 1. The van der Waals surface area contributed by atoms with Crippen LogP contribution in [0.2, 0.25) is 0 Å². The fourth-order valence-corrected chi connectivity index (χ4v) is 2.20. The molecule has 0 atom stereocenters. The SMILES string of the molecule is Nc1noc(-c2ccco2)c1-c1cccc(Br)c1. The molecule has 0 aliphatic rings. The lowest BCUT2D eigenvalue weighted by Gasteiger charge is -2.01. The molecule has 0 spiro atoms. The van der Waals surface area contributed by atoms with Crippen LogP contribution in [0.4, 0.5) is 5.82 Å². The molecule has 0 saturated carbocycles. The van der Waals surface area contributed by atoms with Gasteiger partial charge in [-0.15, -0.1) is 0 Å². The van der Waals surface area contributed by atoms with Crippen molar-refractivity contribution in [2.24, 2.45) is 0 Å². The average molecular weight is 305 g/mol. The Morgan fingerprint density at radius 3 is 2.78 bits per heavy atom. The number of aromatic nitrogens is 1. The summed E-state index contributed by atoms with van der Waals surface area (Å²) in [6.45, 7) is 0. The lowest BCUT2D eigenvalue weighted by atomic mass is 10.1. The van der Waals surface area contributed by atoms with E-state index in [0.717, 1.165) is 15.6 Å². The van der Waals surface area contributed by atoms with E-state index in [1.807, 2.05) is 24.3 Å². The van der Waals surface area contributed by atoms with Crippen LogP contribution in [-0.2, 0) is 0 Å². The Balaban J connectivity index is 2.20. The first-order valence-corrected chi connectivity index (χ1v) is 6.10. The van der Waals surface area contributed by atoms with Crippen molar-refractivity contribution in [1.29, 1.82) is 0 Å². The van der Waals surface area contributed by atoms with Crippen molar-refractivity contribution in [3.05, 3.63) is 47.1 Å². The molecule has 5 heteroatoms. The van der Waals surface area contributed by atoms with E-state index in [4.69, 9.17) is 14.7 Å². The fraction of sp³-hybridized carbons (Fsp3) is 0. The zero-order valence-corrected chi connectivity index (χ0v) is 10.8. The Bertz CT molecular complexity index is 674. The summed E-state index contributed by atoms with van der Waals surface area (Å²) in [5.74, 6) is 1.49. The number of halogens is 1. The number of rotatable bonds is 2. The average Bonchev–Trinajstić information content (AvgIpc) is 2.97. The fourth-order valence-electron chi connectivity index (χ4n) is 1.80. The summed E-state index contributed by atoms with van der Waals surface area (Å²) in [4.78, 5) is 0. The molecule has 3 aromatic rings. The molecule has 4 nitrogen and oxygen atoms in total. The Morgan fingerprint density at radius 1 is 1.17 bits per heavy atom. The van der Waals surface area contributed by atoms with Gasteiger partial charge in [0.1, 0.15) is 0 Å². The summed E-state index contributed by atoms with van der Waals surface area (Å²) in [6.07, 6.45) is 1.58. The van der Waals surface area contributed by atoms with Crippen molar-refractivity contribution in [3.63, 3.8) is 0 Å². The monoisotopic (exact) mass is 304 g/mol. The van der Waals surface area contributed by atoms with Crippen LogP contribution < -0.4 is 5.73 Å². The summed E-state index contributed by atoms with van der Waals surface area (Å²) in [5.41, 5.74) is 7.54. The molecule has 3 rings (SSSR count). The molecule has 18 heavy (non-hydrogen) atoms. The number of hydrogen-bond acceptors (Lipinski definition) is 4. The normalized spacial score (nSPS) is 10.7. The van der Waals surface area contributed by atoms with Crippen molar-refractivity contribution >= 4 is 21.7 Å². The quantitative estimate of drug-likeness (QED) is 0.778. The summed E-state index contributed by atoms with van der Waals surface area (Å²) in [6, 6.07) is 11.4. The number of nitrogen functional groups attached to an aromatic ring is 1. The highest BCUT2D eigenvalue weighted by Gasteiger charge is 2.19. The second-order valence-electron chi connectivity index (χ2n) is 3.76. The van der Waals surface area contributed by atoms with Crippen LogP contribution in [0.5, 0.6) is 0 Å². The number of furan rings is 1. The van der Waals surface area contributed by atoms with Gasteiger partial charge in [0.25, 0.3) is 0 Å². The molecule has 0 bridgehead atoms. The third-order valence-electron chi connectivity index (χ3n) is 2.58. The summed E-state index contributed by atoms with van der Waals surface area (Å²) in [7, 11) is 0. The van der Waals surface area contributed by atoms with Gasteiger partial charge < -0.3 is 14.7 Å². The molecule has 0 unspecified atom stereocenters. The molecule has 1 aromatic carbocycles. The van der Waals surface area contributed by atoms with Crippen molar-refractivity contribution in [1.82, 2.24) is 5.16 Å². The Kier molecular flexibility index (Phi) is 2.68. The maximum absolute atomic E-state index is 5.87. The first-order valence-electron chi connectivity index (χ1n) is 5.30. The largest absolute Gasteiger partial charge is 0.461 e. The van der Waals surface area contributed by atoms with Crippen LogP contribution in [0, 0.1) is 0 Å². The molecular formula is C13H9BrN2O2. The van der Waals surface area contributed by atoms with Crippen LogP contribution in [0.1, 0.15) is 0 Å². The van der Waals surface area contributed by atoms with Gasteiger partial charge in [-0.25, -0.2) is 0 Å². The van der Waals surface area contributed by atoms with Crippen LogP contribution in [-0.4, -0.2) is 5.16 Å². The second-order valence-corrected chi connectivity index (χ2v) is 4.68. The smallest absolute Gasteiger partial charge is 0.212 e. The van der Waals surface area contributed by atoms with Crippen LogP contribution in [0.3, 0.4) is 0 Å². The van der Waals surface area contributed by atoms with Gasteiger partial charge in [-0.3, -0.25) is 0 Å². The van der Waals surface area contributed by atoms with E-state index in [2.05, 4.69) is 21.1 Å². The second kappa shape index (κ2) is 4.34. The zero-order valence-electron chi connectivity index (χ0n) is 9.26. The first kappa shape index (κ1) is 11.1. The number of benzene rings is 1. The minimum atomic E-state index is 0.347. The van der Waals surface area contributed by atoms with E-state index in [1.54, 1.807) is 18.4 Å². The van der Waals surface area contributed by atoms with Crippen molar-refractivity contribution < 1.29 is 8.94 Å². The standard InChI is InChI=1S/C13H9BrN2O2/c14-9-4-1-3-8(7-9)11-12(18-16-13(11)15)10-5-2-6-17-10/h1-7H,(H2,15,16). The van der Waals surface area contributed by atoms with E-state index < -0.39 is 0 Å². The maximum Gasteiger partial charge on any atom is 0.212 e. The van der Waals surface area contributed by atoms with E-state index in [0.29, 0.717) is 17.3 Å². The minimum absolute atomic E-state index is 0.347. The highest BCUT2D eigenvalue weighted by atomic mass is 79.9. The number of nitrogens with two attached hydrogens (primary N) is 1. The molecule has 0 aliphatic heterocycles. The van der Waals surface area contributed by atoms with Gasteiger partial charge in [0.15, 0.2) is 11.6 Å². The molecule has 0 aliphatic carbocycles. The molecular weight excluding hydrogens is 296 g/mol. The summed E-state index contributed by atoms with van der Waals surface area (Å²) >= 11 is 3.43. The Labute approximate surface area is 112 Å². The van der Waals surface area contributed by atoms with E-state index in [1.165, 1.54) is 0 Å². The van der Waals surface area contributed by atoms with Gasteiger partial charge >= 0.3 is 0 Å². The van der Waals surface area contributed by atoms with Crippen molar-refractivity contribution in [2.75, 3.05) is 5.73 Å². The molecule has 2 aromatic heterocycles. The lowest BCUT2D eigenvalue weighted by Crippen LogP contribution is -1.88. The van der Waals surface area contributed by atoms with Crippen molar-refractivity contribution in [2.45, 2.75) is 0 Å². The van der Waals surface area contributed by atoms with Gasteiger partial charge in [-0.05, 0) is 29.8 Å². The minimum Gasteiger partial charge on any atom is -0.461 e. The maximum atomic E-state index is 5.87. The first-order chi connectivity index (χ1) is 8.75. The van der Waals surface area contributed by atoms with Crippen molar-refractivity contribution in [3.8, 4) is 22.6 Å². The van der Waals surface area contributed by atoms with Gasteiger partial charge in [0.2, 0.25) is 5.76 Å². The van der Waals surface area contributed by atoms with Gasteiger partial charge in [-0.1, -0.05) is 33.2 Å². The van der Waals surface area contributed by atoms with Gasteiger partial charge in [0.05, 0.1) is 11.8 Å². The topological polar surface area (TPSA) is 65.2 Å². The van der Waals surface area contributed by atoms with Gasteiger partial charge in [-0.2, -0.15) is 0 Å². The highest BCUT2D eigenvalue weighted by molar-refractivity contribution is 9.10. The molecule has 0 radical (unpaired) electrons. The Morgan fingerprint density at radius 2 is 2.06 bits per heavy atom. The molecule has 90 valence electrons. The molecule has 2 N–H and O–H groups in total. The van der Waals surface area contributed by atoms with Crippen LogP contribution in [0.25, 0.3) is 22.6 Å². The Hall–Kier alpha value is -2.01. The van der Waals surface area contributed by atoms with E-state index in [-0.39, 0.29) is 0 Å². The van der Waals surface area contributed by atoms with Crippen LogP contribution in [0.15, 0.2) is 56.1 Å². The predicted octanol–water partition coefficient (Wildman–Crippen LogP) is 3.95. The molecule has 0 fully saturated rings. The lowest BCUT2D eigenvalue weighted by molar-refractivity contribution is 0.421. The van der Waals surface area contributed by atoms with E-state index in [9.17, 15) is 0 Å². The third kappa shape index (κ3) is 1.82. The molecule has 0 saturated heterocycles. The summed E-state index contributed by atoms with van der Waals surface area (Å²) < 4.78 is 11.5. The van der Waals surface area contributed by atoms with E-state index >= 15 is 0 Å². The predicted molar refractivity (Wildman–Crippen MR) is 71.8 cm³/mol.